The third-order valence-corrected chi connectivity index (χ3v) is 8.59. The molecule has 3 atom stereocenters. The van der Waals surface area contributed by atoms with Gasteiger partial charge in [0.25, 0.3) is 5.91 Å². The van der Waals surface area contributed by atoms with Crippen molar-refractivity contribution in [1.82, 2.24) is 9.58 Å². The maximum absolute atomic E-state index is 13.6. The Labute approximate surface area is 200 Å². The zero-order valence-electron chi connectivity index (χ0n) is 18.4. The van der Waals surface area contributed by atoms with Gasteiger partial charge in [-0.15, -0.1) is 11.8 Å². The van der Waals surface area contributed by atoms with Gasteiger partial charge >= 0.3 is 0 Å². The van der Waals surface area contributed by atoms with Crippen molar-refractivity contribution in [3.05, 3.63) is 87.3 Å². The van der Waals surface area contributed by atoms with Gasteiger partial charge in [0.15, 0.2) is 11.4 Å². The number of nitrogens with zero attached hydrogens (tertiary/aromatic N) is 3. The van der Waals surface area contributed by atoms with Crippen LogP contribution < -0.4 is 15.2 Å². The SMILES string of the molecule is O=C1c2c(O)c(=O)ccn2N2CN1[C@H]1C[C@H]1CCOc1cccc3c1[C@H]2c1ccccc1SC3. The average molecular weight is 474 g/mol. The third kappa shape index (κ3) is 2.84. The van der Waals surface area contributed by atoms with Gasteiger partial charge in [-0.25, -0.2) is 0 Å². The van der Waals surface area contributed by atoms with Gasteiger partial charge in [0.1, 0.15) is 18.5 Å². The number of hydrogen-bond acceptors (Lipinski definition) is 6. The molecule has 1 saturated carbocycles. The van der Waals surface area contributed by atoms with Crippen molar-refractivity contribution >= 4 is 17.7 Å². The molecule has 1 fully saturated rings. The first kappa shape index (κ1) is 20.0. The van der Waals surface area contributed by atoms with Crippen LogP contribution in [-0.4, -0.2) is 39.9 Å². The van der Waals surface area contributed by atoms with E-state index in [1.54, 1.807) is 22.6 Å². The lowest BCUT2D eigenvalue weighted by Gasteiger charge is -2.44. The number of carbonyl (C=O) groups is 1. The van der Waals surface area contributed by atoms with E-state index < -0.39 is 11.2 Å². The molecule has 34 heavy (non-hydrogen) atoms. The minimum atomic E-state index is -0.542. The summed E-state index contributed by atoms with van der Waals surface area (Å²) in [6, 6.07) is 15.7. The van der Waals surface area contributed by atoms with Crippen LogP contribution in [0.4, 0.5) is 0 Å². The fourth-order valence-electron chi connectivity index (χ4n) is 5.67. The number of aromatic nitrogens is 1. The summed E-state index contributed by atoms with van der Waals surface area (Å²) in [5, 5.41) is 12.9. The van der Waals surface area contributed by atoms with Crippen LogP contribution in [0.1, 0.15) is 46.1 Å². The Morgan fingerprint density at radius 2 is 1.94 bits per heavy atom. The molecule has 7 rings (SSSR count). The average Bonchev–Trinajstić information content (AvgIpc) is 3.63. The molecular formula is C26H23N3O4S. The molecule has 7 nitrogen and oxygen atoms in total. The highest BCUT2D eigenvalue weighted by atomic mass is 32.2. The van der Waals surface area contributed by atoms with Gasteiger partial charge in [0.05, 0.1) is 6.61 Å². The minimum Gasteiger partial charge on any atom is -0.502 e. The standard InChI is InChI=1S/C26H23N3O4S/c30-19-8-10-28-24(25(19)31)26(32)27-14-29(28)23-17-5-1-2-7-21(17)34-13-16-4-3-6-20(22(16)23)33-11-9-15-12-18(15)27/h1-8,10,15,18,23,31H,9,11-14H2/t15-,18+,23-/m1/s1. The predicted octanol–water partition coefficient (Wildman–Crippen LogP) is 3.47. The maximum atomic E-state index is 13.6. The monoisotopic (exact) mass is 473 g/mol. The topological polar surface area (TPSA) is 75.0 Å². The van der Waals surface area contributed by atoms with E-state index >= 15 is 0 Å². The van der Waals surface area contributed by atoms with Crippen LogP contribution in [0.15, 0.2) is 64.4 Å². The Morgan fingerprint density at radius 3 is 2.85 bits per heavy atom. The van der Waals surface area contributed by atoms with Crippen LogP contribution in [0.3, 0.4) is 0 Å². The Balaban J connectivity index is 1.54. The molecule has 3 aromatic rings. The summed E-state index contributed by atoms with van der Waals surface area (Å²) < 4.78 is 8.08. The molecular weight excluding hydrogens is 450 g/mol. The Morgan fingerprint density at radius 1 is 1.06 bits per heavy atom. The second kappa shape index (κ2) is 7.30. The molecule has 1 amide bonds. The number of ether oxygens (including phenoxy) is 1. The van der Waals surface area contributed by atoms with Crippen molar-refractivity contribution in [2.45, 2.75) is 35.6 Å². The van der Waals surface area contributed by atoms with Crippen LogP contribution >= 0.6 is 11.8 Å². The Kier molecular flexibility index (Phi) is 4.30. The number of benzene rings is 2. The number of thioether (sulfide) groups is 1. The van der Waals surface area contributed by atoms with E-state index in [-0.39, 0.29) is 23.7 Å². The van der Waals surface area contributed by atoms with E-state index in [1.165, 1.54) is 16.5 Å². The van der Waals surface area contributed by atoms with Gasteiger partial charge in [-0.3, -0.25) is 19.3 Å². The zero-order chi connectivity index (χ0) is 23.0. The number of carbonyl (C=O) groups excluding carboxylic acids is 1. The molecule has 0 unspecified atom stereocenters. The molecule has 1 N–H and O–H groups in total. The fourth-order valence-corrected chi connectivity index (χ4v) is 6.75. The molecule has 2 bridgehead atoms. The summed E-state index contributed by atoms with van der Waals surface area (Å²) in [7, 11) is 0. The van der Waals surface area contributed by atoms with Crippen molar-refractivity contribution in [2.75, 3.05) is 18.3 Å². The van der Waals surface area contributed by atoms with Gasteiger partial charge in [-0.1, -0.05) is 30.3 Å². The molecule has 0 spiro atoms. The van der Waals surface area contributed by atoms with Crippen LogP contribution in [0, 0.1) is 5.92 Å². The molecule has 1 aliphatic carbocycles. The van der Waals surface area contributed by atoms with Gasteiger partial charge in [0, 0.05) is 34.5 Å². The quantitative estimate of drug-likeness (QED) is 0.539. The van der Waals surface area contributed by atoms with Gasteiger partial charge in [-0.05, 0) is 42.0 Å². The molecule has 1 aromatic heterocycles. The van der Waals surface area contributed by atoms with Crippen LogP contribution in [-0.2, 0) is 5.75 Å². The molecule has 4 heterocycles. The number of pyridine rings is 1. The summed E-state index contributed by atoms with van der Waals surface area (Å²) in [6.07, 6.45) is 3.38. The molecule has 2 aromatic carbocycles. The highest BCUT2D eigenvalue weighted by molar-refractivity contribution is 7.98. The summed E-state index contributed by atoms with van der Waals surface area (Å²) in [5.41, 5.74) is 2.88. The predicted molar refractivity (Wildman–Crippen MR) is 128 cm³/mol. The van der Waals surface area contributed by atoms with Crippen molar-refractivity contribution in [3.63, 3.8) is 0 Å². The van der Waals surface area contributed by atoms with E-state index in [0.29, 0.717) is 19.2 Å². The summed E-state index contributed by atoms with van der Waals surface area (Å²) in [5.74, 6) is 1.24. The van der Waals surface area contributed by atoms with E-state index in [4.69, 9.17) is 4.74 Å². The Hall–Kier alpha value is -3.39. The second-order valence-electron chi connectivity index (χ2n) is 9.34. The number of aromatic hydroxyl groups is 1. The zero-order valence-corrected chi connectivity index (χ0v) is 19.2. The lowest BCUT2D eigenvalue weighted by molar-refractivity contribution is 0.0653. The largest absolute Gasteiger partial charge is 0.502 e. The van der Waals surface area contributed by atoms with Crippen molar-refractivity contribution in [1.29, 1.82) is 0 Å². The van der Waals surface area contributed by atoms with Gasteiger partial charge < -0.3 is 14.7 Å². The smallest absolute Gasteiger partial charge is 0.278 e. The number of amides is 1. The molecule has 0 radical (unpaired) electrons. The molecule has 172 valence electrons. The highest BCUT2D eigenvalue weighted by Crippen LogP contribution is 2.48. The van der Waals surface area contributed by atoms with E-state index in [0.717, 1.165) is 35.5 Å². The van der Waals surface area contributed by atoms with Crippen molar-refractivity contribution in [3.8, 4) is 11.5 Å². The molecule has 4 aliphatic rings. The van der Waals surface area contributed by atoms with Crippen LogP contribution in [0.5, 0.6) is 11.5 Å². The molecule has 0 saturated heterocycles. The van der Waals surface area contributed by atoms with E-state index in [9.17, 15) is 14.7 Å². The third-order valence-electron chi connectivity index (χ3n) is 7.45. The lowest BCUT2D eigenvalue weighted by Crippen LogP contribution is -2.56. The van der Waals surface area contributed by atoms with E-state index in [2.05, 4.69) is 23.2 Å². The number of hydrogen-bond donors (Lipinski definition) is 1. The normalized spacial score (nSPS) is 24.5. The summed E-state index contributed by atoms with van der Waals surface area (Å²) >= 11 is 1.79. The van der Waals surface area contributed by atoms with Crippen molar-refractivity contribution < 1.29 is 14.6 Å². The maximum Gasteiger partial charge on any atom is 0.278 e. The van der Waals surface area contributed by atoms with Crippen LogP contribution in [0.25, 0.3) is 0 Å². The second-order valence-corrected chi connectivity index (χ2v) is 10.4. The van der Waals surface area contributed by atoms with Gasteiger partial charge in [-0.2, -0.15) is 0 Å². The first-order valence-corrected chi connectivity index (χ1v) is 12.6. The first-order chi connectivity index (χ1) is 16.6. The summed E-state index contributed by atoms with van der Waals surface area (Å²) in [6.45, 7) is 0.962. The Bertz CT molecular complexity index is 1400. The number of rotatable bonds is 0. The highest BCUT2D eigenvalue weighted by Gasteiger charge is 2.49. The molecule has 8 heteroatoms. The van der Waals surface area contributed by atoms with Gasteiger partial charge in [0.2, 0.25) is 5.43 Å². The summed E-state index contributed by atoms with van der Waals surface area (Å²) in [4.78, 5) is 28.9. The van der Waals surface area contributed by atoms with E-state index in [1.807, 2.05) is 29.2 Å². The first-order valence-electron chi connectivity index (χ1n) is 11.6. The minimum absolute atomic E-state index is 0.0398. The van der Waals surface area contributed by atoms with Crippen molar-refractivity contribution in [2.24, 2.45) is 5.92 Å². The fraction of sp³-hybridized carbons (Fsp3) is 0.308. The number of fused-ring (bicyclic) bond motifs is 9. The van der Waals surface area contributed by atoms with Crippen LogP contribution in [0.2, 0.25) is 0 Å². The lowest BCUT2D eigenvalue weighted by atomic mass is 9.93. The molecule has 3 aliphatic heterocycles.